The maximum Gasteiger partial charge on any atom is 0.337 e. The first-order valence-corrected chi connectivity index (χ1v) is 13.1. The molecule has 37 heavy (non-hydrogen) atoms. The van der Waals surface area contributed by atoms with Gasteiger partial charge in [0.25, 0.3) is 0 Å². The van der Waals surface area contributed by atoms with Gasteiger partial charge in [0.15, 0.2) is 5.78 Å². The molecule has 0 spiro atoms. The molecule has 198 valence electrons. The highest BCUT2D eigenvalue weighted by Crippen LogP contribution is 2.39. The fraction of sp³-hybridized carbons (Fsp3) is 0.500. The minimum atomic E-state index is -0.683. The fourth-order valence-electron chi connectivity index (χ4n) is 6.01. The first kappa shape index (κ1) is 27.0. The van der Waals surface area contributed by atoms with E-state index in [1.54, 1.807) is 4.90 Å². The maximum atomic E-state index is 14.8. The van der Waals surface area contributed by atoms with Gasteiger partial charge in [0.05, 0.1) is 25.4 Å². The molecule has 0 radical (unpaired) electrons. The van der Waals surface area contributed by atoms with Gasteiger partial charge >= 0.3 is 5.97 Å². The molecule has 0 aromatic heterocycles. The number of likely N-dealkylation sites (tertiary alicyclic amines) is 1. The van der Waals surface area contributed by atoms with Crippen molar-refractivity contribution in [1.29, 1.82) is 0 Å². The van der Waals surface area contributed by atoms with E-state index in [1.807, 2.05) is 37.3 Å². The number of ether oxygens (including phenoxy) is 1. The molecular weight excluding hydrogens is 476 g/mol. The van der Waals surface area contributed by atoms with Crippen molar-refractivity contribution in [2.24, 2.45) is 17.8 Å². The smallest absolute Gasteiger partial charge is 0.337 e. The van der Waals surface area contributed by atoms with E-state index >= 15 is 0 Å². The van der Waals surface area contributed by atoms with Crippen molar-refractivity contribution in [1.82, 2.24) is 4.90 Å². The minimum absolute atomic E-state index is 0.0000865. The number of methoxy groups -OCH3 is 1. The van der Waals surface area contributed by atoms with Crippen LogP contribution in [-0.4, -0.2) is 48.9 Å². The van der Waals surface area contributed by atoms with Crippen LogP contribution in [0.3, 0.4) is 0 Å². The van der Waals surface area contributed by atoms with Crippen LogP contribution in [0.4, 0.5) is 8.78 Å². The number of hydrogen-bond donors (Lipinski definition) is 0. The van der Waals surface area contributed by atoms with E-state index in [1.165, 1.54) is 19.2 Å². The molecule has 2 aromatic carbocycles. The van der Waals surface area contributed by atoms with E-state index in [-0.39, 0.29) is 59.6 Å². The number of ketones is 1. The van der Waals surface area contributed by atoms with E-state index in [4.69, 9.17) is 0 Å². The summed E-state index contributed by atoms with van der Waals surface area (Å²) < 4.78 is 32.6. The molecule has 1 aliphatic heterocycles. The number of amides is 1. The van der Waals surface area contributed by atoms with Crippen LogP contribution >= 0.6 is 0 Å². The summed E-state index contributed by atoms with van der Waals surface area (Å²) in [6, 6.07) is 13.0. The van der Waals surface area contributed by atoms with Crippen molar-refractivity contribution in [3.63, 3.8) is 0 Å². The largest absolute Gasteiger partial charge is 0.465 e. The highest BCUT2D eigenvalue weighted by Gasteiger charge is 2.44. The van der Waals surface area contributed by atoms with Gasteiger partial charge in [-0.3, -0.25) is 14.0 Å². The summed E-state index contributed by atoms with van der Waals surface area (Å²) in [5.74, 6) is -1.60. The molecule has 1 saturated carbocycles. The average molecular weight is 512 g/mol. The number of Topliss-reactive ketones (excluding diaryl/α,β-unsaturated/α-hetero) is 1. The van der Waals surface area contributed by atoms with E-state index in [2.05, 4.69) is 4.74 Å². The van der Waals surface area contributed by atoms with Crippen LogP contribution in [0.5, 0.6) is 0 Å². The monoisotopic (exact) mass is 511 g/mol. The maximum absolute atomic E-state index is 14.8. The number of hydrogen-bond acceptors (Lipinski definition) is 4. The fourth-order valence-corrected chi connectivity index (χ4v) is 6.01. The standard InChI is InChI=1S/C30H35F2NO4/c1-19(18-31)20-8-10-22(11-9-20)29(35)33-15-14-25(21-6-4-3-5-7-21)28(33)27(34)17-23-12-13-24(16-26(23)32)30(36)37-2/h3-7,12-13,16,19-20,22,25,28H,8-11,14-15,17-18H2,1-2H3/t19?,20?,22?,25-,28+/m1/s1. The summed E-state index contributed by atoms with van der Waals surface area (Å²) in [5, 5.41) is 0. The molecule has 1 saturated heterocycles. The Hall–Kier alpha value is -3.09. The zero-order valence-electron chi connectivity index (χ0n) is 21.5. The molecule has 4 rings (SSSR count). The quantitative estimate of drug-likeness (QED) is 0.438. The Labute approximate surface area is 217 Å². The SMILES string of the molecule is COC(=O)c1ccc(CC(=O)[C@@H]2[C@@H](c3ccccc3)CCN2C(=O)C2CCC(C(C)CF)CC2)c(F)c1. The van der Waals surface area contributed by atoms with Crippen molar-refractivity contribution in [2.75, 3.05) is 20.3 Å². The van der Waals surface area contributed by atoms with Crippen LogP contribution < -0.4 is 0 Å². The third kappa shape index (κ3) is 5.91. The number of carbonyl (C=O) groups is 3. The molecule has 5 nitrogen and oxygen atoms in total. The second-order valence-corrected chi connectivity index (χ2v) is 10.5. The van der Waals surface area contributed by atoms with Crippen LogP contribution in [0.15, 0.2) is 48.5 Å². The van der Waals surface area contributed by atoms with Crippen molar-refractivity contribution in [3.8, 4) is 0 Å². The summed E-state index contributed by atoms with van der Waals surface area (Å²) in [5.41, 5.74) is 1.25. The normalized spacial score (nSPS) is 24.5. The highest BCUT2D eigenvalue weighted by molar-refractivity contribution is 5.93. The molecular formula is C30H35F2NO4. The van der Waals surface area contributed by atoms with Crippen LogP contribution in [-0.2, 0) is 20.7 Å². The number of carbonyl (C=O) groups excluding carboxylic acids is 3. The number of alkyl halides is 1. The van der Waals surface area contributed by atoms with Crippen LogP contribution in [0.25, 0.3) is 0 Å². The van der Waals surface area contributed by atoms with Gasteiger partial charge in [0.1, 0.15) is 5.82 Å². The van der Waals surface area contributed by atoms with Crippen molar-refractivity contribution in [3.05, 3.63) is 71.0 Å². The Morgan fingerprint density at radius 1 is 1.03 bits per heavy atom. The first-order valence-electron chi connectivity index (χ1n) is 13.1. The molecule has 3 atom stereocenters. The molecule has 2 fully saturated rings. The number of benzene rings is 2. The van der Waals surface area contributed by atoms with Gasteiger partial charge in [-0.2, -0.15) is 0 Å². The summed E-state index contributed by atoms with van der Waals surface area (Å²) in [4.78, 5) is 40.8. The molecule has 0 bridgehead atoms. The predicted octanol–water partition coefficient (Wildman–Crippen LogP) is 5.52. The van der Waals surface area contributed by atoms with Crippen molar-refractivity contribution < 1.29 is 27.9 Å². The topological polar surface area (TPSA) is 63.7 Å². The number of nitrogens with zero attached hydrogens (tertiary/aromatic N) is 1. The van der Waals surface area contributed by atoms with E-state index in [9.17, 15) is 23.2 Å². The van der Waals surface area contributed by atoms with E-state index < -0.39 is 17.8 Å². The predicted molar refractivity (Wildman–Crippen MR) is 136 cm³/mol. The third-order valence-electron chi connectivity index (χ3n) is 8.25. The van der Waals surface area contributed by atoms with Crippen LogP contribution in [0.2, 0.25) is 0 Å². The second-order valence-electron chi connectivity index (χ2n) is 10.5. The average Bonchev–Trinajstić information content (AvgIpc) is 3.39. The van der Waals surface area contributed by atoms with Gasteiger partial charge in [0.2, 0.25) is 5.91 Å². The molecule has 2 aliphatic rings. The van der Waals surface area contributed by atoms with Gasteiger partial charge in [-0.25, -0.2) is 9.18 Å². The van der Waals surface area contributed by atoms with Gasteiger partial charge in [-0.15, -0.1) is 0 Å². The lowest BCUT2D eigenvalue weighted by molar-refractivity contribution is -0.142. The lowest BCUT2D eigenvalue weighted by Gasteiger charge is -2.35. The number of halogens is 2. The van der Waals surface area contributed by atoms with Crippen LogP contribution in [0, 0.1) is 23.6 Å². The molecule has 1 unspecified atom stereocenters. The second kappa shape index (κ2) is 12.0. The zero-order chi connectivity index (χ0) is 26.5. The summed E-state index contributed by atoms with van der Waals surface area (Å²) in [6.45, 7) is 2.05. The molecule has 1 amide bonds. The lowest BCUT2D eigenvalue weighted by Crippen LogP contribution is -2.46. The molecule has 2 aromatic rings. The van der Waals surface area contributed by atoms with E-state index in [0.29, 0.717) is 25.8 Å². The van der Waals surface area contributed by atoms with E-state index in [0.717, 1.165) is 24.5 Å². The lowest BCUT2D eigenvalue weighted by atomic mass is 9.76. The van der Waals surface area contributed by atoms with Gasteiger partial charge in [-0.05, 0) is 67.2 Å². The van der Waals surface area contributed by atoms with Gasteiger partial charge < -0.3 is 9.64 Å². The first-order chi connectivity index (χ1) is 17.8. The zero-order valence-corrected chi connectivity index (χ0v) is 21.5. The number of esters is 1. The third-order valence-corrected chi connectivity index (χ3v) is 8.25. The Morgan fingerprint density at radius 3 is 2.35 bits per heavy atom. The van der Waals surface area contributed by atoms with Crippen molar-refractivity contribution in [2.45, 2.75) is 57.4 Å². The summed E-state index contributed by atoms with van der Waals surface area (Å²) in [6.07, 6.45) is 3.51. The molecule has 1 aliphatic carbocycles. The number of rotatable bonds is 8. The molecule has 0 N–H and O–H groups in total. The Kier molecular flexibility index (Phi) is 8.72. The van der Waals surface area contributed by atoms with Crippen LogP contribution in [0.1, 0.15) is 66.4 Å². The molecule has 1 heterocycles. The Balaban J connectivity index is 1.55. The van der Waals surface area contributed by atoms with Crippen molar-refractivity contribution >= 4 is 17.7 Å². The Bertz CT molecular complexity index is 1110. The molecule has 7 heteroatoms. The summed E-state index contributed by atoms with van der Waals surface area (Å²) >= 11 is 0. The summed E-state index contributed by atoms with van der Waals surface area (Å²) in [7, 11) is 1.22. The van der Waals surface area contributed by atoms with Gasteiger partial charge in [0, 0.05) is 24.8 Å². The minimum Gasteiger partial charge on any atom is -0.465 e. The highest BCUT2D eigenvalue weighted by atomic mass is 19.1. The van der Waals surface area contributed by atoms with Gasteiger partial charge in [-0.1, -0.05) is 43.3 Å². The Morgan fingerprint density at radius 2 is 1.73 bits per heavy atom.